The van der Waals surface area contributed by atoms with Crippen LogP contribution in [0.2, 0.25) is 0 Å². The predicted molar refractivity (Wildman–Crippen MR) is 109 cm³/mol. The molecule has 0 unspecified atom stereocenters. The summed E-state index contributed by atoms with van der Waals surface area (Å²) in [6.07, 6.45) is 8.04. The Kier molecular flexibility index (Phi) is 5.64. The second-order valence-electron chi connectivity index (χ2n) is 7.83. The highest BCUT2D eigenvalue weighted by Crippen LogP contribution is 2.32. The summed E-state index contributed by atoms with van der Waals surface area (Å²) in [4.78, 5) is 22.2. The molecule has 1 aliphatic heterocycles. The van der Waals surface area contributed by atoms with Gasteiger partial charge in [-0.25, -0.2) is 4.98 Å². The minimum atomic E-state index is 0.162. The quantitative estimate of drug-likeness (QED) is 0.702. The Morgan fingerprint density at radius 1 is 1.26 bits per heavy atom. The lowest BCUT2D eigenvalue weighted by molar-refractivity contribution is -0.138. The fourth-order valence-electron chi connectivity index (χ4n) is 3.93. The summed E-state index contributed by atoms with van der Waals surface area (Å²) < 4.78 is 3.15. The summed E-state index contributed by atoms with van der Waals surface area (Å²) in [5, 5.41) is 0. The molecular formula is C21H27BrN4O. The standard InChI is InChI=1S/C21H27BrN4O/c1-24-12-9-23-20(24)15-25-10-7-17(8-11-25)21(27)26(19-5-6-19)14-16-3-2-4-18(22)13-16/h2-4,9,12-13,17,19H,5-8,10-11,14-15H2,1H3. The Bertz CT molecular complexity index is 793. The number of piperidine rings is 1. The number of nitrogens with zero attached hydrogens (tertiary/aromatic N) is 4. The van der Waals surface area contributed by atoms with E-state index in [1.54, 1.807) is 0 Å². The Hall–Kier alpha value is -1.66. The summed E-state index contributed by atoms with van der Waals surface area (Å²) in [6.45, 7) is 3.54. The van der Waals surface area contributed by atoms with Gasteiger partial charge >= 0.3 is 0 Å². The lowest BCUT2D eigenvalue weighted by atomic mass is 9.95. The van der Waals surface area contributed by atoms with Crippen LogP contribution in [0.3, 0.4) is 0 Å². The van der Waals surface area contributed by atoms with E-state index in [1.165, 1.54) is 5.56 Å². The average molecular weight is 431 g/mol. The zero-order valence-corrected chi connectivity index (χ0v) is 17.4. The number of hydrogen-bond donors (Lipinski definition) is 0. The van der Waals surface area contributed by atoms with Gasteiger partial charge in [-0.15, -0.1) is 0 Å². The molecule has 144 valence electrons. The zero-order valence-electron chi connectivity index (χ0n) is 15.9. The molecule has 0 bridgehead atoms. The maximum atomic E-state index is 13.2. The van der Waals surface area contributed by atoms with Crippen molar-refractivity contribution < 1.29 is 4.79 Å². The van der Waals surface area contributed by atoms with Gasteiger partial charge in [0.05, 0.1) is 6.54 Å². The summed E-state index contributed by atoms with van der Waals surface area (Å²) in [5.41, 5.74) is 1.21. The highest BCUT2D eigenvalue weighted by Gasteiger charge is 2.37. The van der Waals surface area contributed by atoms with E-state index < -0.39 is 0 Å². The molecule has 1 aliphatic carbocycles. The van der Waals surface area contributed by atoms with E-state index in [2.05, 4.69) is 47.4 Å². The van der Waals surface area contributed by atoms with Gasteiger partial charge in [-0.1, -0.05) is 28.1 Å². The van der Waals surface area contributed by atoms with Crippen LogP contribution in [-0.2, 0) is 24.9 Å². The predicted octanol–water partition coefficient (Wildman–Crippen LogP) is 3.59. The molecule has 1 amide bonds. The van der Waals surface area contributed by atoms with Gasteiger partial charge in [0.25, 0.3) is 0 Å². The van der Waals surface area contributed by atoms with E-state index in [9.17, 15) is 4.79 Å². The minimum Gasteiger partial charge on any atom is -0.337 e. The van der Waals surface area contributed by atoms with Crippen LogP contribution < -0.4 is 0 Å². The van der Waals surface area contributed by atoms with Crippen molar-refractivity contribution in [3.05, 3.63) is 52.5 Å². The maximum Gasteiger partial charge on any atom is 0.226 e. The van der Waals surface area contributed by atoms with Crippen LogP contribution in [0, 0.1) is 5.92 Å². The molecule has 4 rings (SSSR count). The van der Waals surface area contributed by atoms with Gasteiger partial charge in [-0.3, -0.25) is 9.69 Å². The van der Waals surface area contributed by atoms with Crippen molar-refractivity contribution >= 4 is 21.8 Å². The van der Waals surface area contributed by atoms with Crippen LogP contribution in [0.15, 0.2) is 41.1 Å². The zero-order chi connectivity index (χ0) is 18.8. The molecule has 0 spiro atoms. The van der Waals surface area contributed by atoms with Crippen molar-refractivity contribution in [1.82, 2.24) is 19.4 Å². The first kappa shape index (κ1) is 18.7. The summed E-state index contributed by atoms with van der Waals surface area (Å²) in [5.74, 6) is 1.61. The summed E-state index contributed by atoms with van der Waals surface area (Å²) in [6, 6.07) is 8.76. The molecule has 1 aromatic carbocycles. The van der Waals surface area contributed by atoms with E-state index in [0.717, 1.165) is 62.2 Å². The number of carbonyl (C=O) groups is 1. The number of hydrogen-bond acceptors (Lipinski definition) is 3. The Morgan fingerprint density at radius 3 is 2.67 bits per heavy atom. The van der Waals surface area contributed by atoms with Crippen molar-refractivity contribution in [2.24, 2.45) is 13.0 Å². The molecule has 2 heterocycles. The van der Waals surface area contributed by atoms with Crippen molar-refractivity contribution in [2.45, 2.75) is 44.8 Å². The first-order chi connectivity index (χ1) is 13.1. The van der Waals surface area contributed by atoms with Gasteiger partial charge in [0.2, 0.25) is 5.91 Å². The number of halogens is 1. The van der Waals surface area contributed by atoms with Crippen LogP contribution >= 0.6 is 15.9 Å². The molecule has 6 heteroatoms. The van der Waals surface area contributed by atoms with Gasteiger partial charge in [0, 0.05) is 42.4 Å². The Labute approximate surface area is 169 Å². The molecule has 0 atom stereocenters. The van der Waals surface area contributed by atoms with E-state index in [-0.39, 0.29) is 5.92 Å². The molecule has 1 saturated heterocycles. The number of amides is 1. The number of rotatable bonds is 6. The van der Waals surface area contributed by atoms with Crippen LogP contribution in [0.1, 0.15) is 37.1 Å². The van der Waals surface area contributed by atoms with Gasteiger partial charge in [-0.05, 0) is 56.5 Å². The van der Waals surface area contributed by atoms with Crippen LogP contribution in [0.5, 0.6) is 0 Å². The van der Waals surface area contributed by atoms with Crippen LogP contribution in [0.4, 0.5) is 0 Å². The van der Waals surface area contributed by atoms with E-state index in [0.29, 0.717) is 11.9 Å². The molecule has 5 nitrogen and oxygen atoms in total. The lowest BCUT2D eigenvalue weighted by Gasteiger charge is -2.34. The average Bonchev–Trinajstić information content (AvgIpc) is 3.43. The summed E-state index contributed by atoms with van der Waals surface area (Å²) >= 11 is 3.54. The van der Waals surface area contributed by atoms with E-state index >= 15 is 0 Å². The van der Waals surface area contributed by atoms with E-state index in [4.69, 9.17) is 0 Å². The van der Waals surface area contributed by atoms with Crippen LogP contribution in [-0.4, -0.2) is 44.4 Å². The van der Waals surface area contributed by atoms with Gasteiger partial charge in [-0.2, -0.15) is 0 Å². The molecule has 2 aliphatic rings. The molecule has 2 aromatic rings. The molecular weight excluding hydrogens is 404 g/mol. The topological polar surface area (TPSA) is 41.4 Å². The van der Waals surface area contributed by atoms with Gasteiger partial charge < -0.3 is 9.47 Å². The first-order valence-corrected chi connectivity index (χ1v) is 10.6. The molecule has 0 N–H and O–H groups in total. The lowest BCUT2D eigenvalue weighted by Crippen LogP contribution is -2.43. The van der Waals surface area contributed by atoms with Crippen molar-refractivity contribution in [3.8, 4) is 0 Å². The second kappa shape index (κ2) is 8.15. The molecule has 2 fully saturated rings. The third kappa shape index (κ3) is 4.61. The highest BCUT2D eigenvalue weighted by molar-refractivity contribution is 9.10. The number of aromatic nitrogens is 2. The first-order valence-electron chi connectivity index (χ1n) is 9.83. The smallest absolute Gasteiger partial charge is 0.226 e. The third-order valence-corrected chi connectivity index (χ3v) is 6.23. The normalized spacial score (nSPS) is 18.6. The SMILES string of the molecule is Cn1ccnc1CN1CCC(C(=O)N(Cc2cccc(Br)c2)C2CC2)CC1. The number of imidazole rings is 1. The van der Waals surface area contributed by atoms with Crippen molar-refractivity contribution in [2.75, 3.05) is 13.1 Å². The van der Waals surface area contributed by atoms with Crippen molar-refractivity contribution in [1.29, 1.82) is 0 Å². The van der Waals surface area contributed by atoms with Crippen molar-refractivity contribution in [3.63, 3.8) is 0 Å². The second-order valence-corrected chi connectivity index (χ2v) is 8.75. The number of likely N-dealkylation sites (tertiary alicyclic amines) is 1. The maximum absolute atomic E-state index is 13.2. The minimum absolute atomic E-state index is 0.162. The third-order valence-electron chi connectivity index (χ3n) is 5.74. The van der Waals surface area contributed by atoms with Gasteiger partial charge in [0.1, 0.15) is 5.82 Å². The molecule has 27 heavy (non-hydrogen) atoms. The van der Waals surface area contributed by atoms with E-state index in [1.807, 2.05) is 31.6 Å². The summed E-state index contributed by atoms with van der Waals surface area (Å²) in [7, 11) is 2.04. The fraction of sp³-hybridized carbons (Fsp3) is 0.524. The largest absolute Gasteiger partial charge is 0.337 e. The molecule has 1 saturated carbocycles. The Balaban J connectivity index is 1.35. The highest BCUT2D eigenvalue weighted by atomic mass is 79.9. The molecule has 1 aromatic heterocycles. The monoisotopic (exact) mass is 430 g/mol. The number of aryl methyl sites for hydroxylation is 1. The Morgan fingerprint density at radius 2 is 2.04 bits per heavy atom. The fourth-order valence-corrected chi connectivity index (χ4v) is 4.37. The van der Waals surface area contributed by atoms with Crippen LogP contribution in [0.25, 0.3) is 0 Å². The number of benzene rings is 1. The molecule has 0 radical (unpaired) electrons. The number of carbonyl (C=O) groups excluding carboxylic acids is 1. The van der Waals surface area contributed by atoms with Gasteiger partial charge in [0.15, 0.2) is 0 Å².